The molecular weight excluding hydrogens is 482 g/mol. The van der Waals surface area contributed by atoms with E-state index < -0.39 is 0 Å². The molecule has 4 aromatic rings. The zero-order chi connectivity index (χ0) is 25.5. The molecule has 0 spiro atoms. The van der Waals surface area contributed by atoms with Gasteiger partial charge in [0, 0.05) is 49.7 Å². The third-order valence-corrected chi connectivity index (χ3v) is 8.12. The number of hydrogen-bond donors (Lipinski definition) is 1. The second kappa shape index (κ2) is 9.85. The zero-order valence-electron chi connectivity index (χ0n) is 21.3. The van der Waals surface area contributed by atoms with Crippen LogP contribution in [0.2, 0.25) is 0 Å². The number of pyridine rings is 1. The van der Waals surface area contributed by atoms with Gasteiger partial charge >= 0.3 is 0 Å². The first-order valence-electron chi connectivity index (χ1n) is 13.5. The van der Waals surface area contributed by atoms with Gasteiger partial charge in [0.15, 0.2) is 17.3 Å². The number of nitrogens with zero attached hydrogens (tertiary/aromatic N) is 6. The van der Waals surface area contributed by atoms with E-state index in [-0.39, 0.29) is 24.4 Å². The normalized spacial score (nSPS) is 19.4. The number of ether oxygens (including phenoxy) is 2. The van der Waals surface area contributed by atoms with Crippen molar-refractivity contribution in [1.29, 1.82) is 0 Å². The van der Waals surface area contributed by atoms with Crippen LogP contribution >= 0.6 is 0 Å². The van der Waals surface area contributed by atoms with Crippen LogP contribution in [0.1, 0.15) is 54.7 Å². The van der Waals surface area contributed by atoms with E-state index in [1.807, 2.05) is 22.9 Å². The minimum atomic E-state index is -0.344. The molecular formula is C28H31N7O3. The van der Waals surface area contributed by atoms with E-state index in [2.05, 4.69) is 60.6 Å². The lowest BCUT2D eigenvalue weighted by molar-refractivity contribution is 0.0989. The van der Waals surface area contributed by atoms with Crippen LogP contribution in [0.5, 0.6) is 11.5 Å². The standard InChI is InChI=1S/C28H31N7O3/c36-28-22(14-20-15-24-25(38-18-37-24)16-23(20)29-28)26(27-30-31-32-35(27)21-8-4-5-9-21)34-12-10-33(11-13-34)17-19-6-2-1-3-7-19/h1-3,6-7,14-16,21,26H,4-5,8-13,17-18H2,(H,29,36)/t26-/m0/s1. The van der Waals surface area contributed by atoms with Crippen LogP contribution in [0.3, 0.4) is 0 Å². The average molecular weight is 514 g/mol. The summed E-state index contributed by atoms with van der Waals surface area (Å²) in [4.78, 5) is 21.5. The second-order valence-corrected chi connectivity index (χ2v) is 10.5. The minimum Gasteiger partial charge on any atom is -0.454 e. The number of aromatic nitrogens is 5. The van der Waals surface area contributed by atoms with Crippen LogP contribution < -0.4 is 15.0 Å². The Balaban J connectivity index is 1.25. The third kappa shape index (κ3) is 4.33. The molecule has 2 fully saturated rings. The van der Waals surface area contributed by atoms with Crippen molar-refractivity contribution < 1.29 is 9.47 Å². The van der Waals surface area contributed by atoms with E-state index in [0.717, 1.165) is 62.3 Å². The molecule has 0 unspecified atom stereocenters. The summed E-state index contributed by atoms with van der Waals surface area (Å²) in [5.74, 6) is 2.09. The number of H-pyrrole nitrogens is 1. The summed E-state index contributed by atoms with van der Waals surface area (Å²) in [5, 5.41) is 13.9. The van der Waals surface area contributed by atoms with Crippen LogP contribution in [0.4, 0.5) is 0 Å². The highest BCUT2D eigenvalue weighted by molar-refractivity contribution is 5.83. The Morgan fingerprint density at radius 2 is 1.74 bits per heavy atom. The fourth-order valence-corrected chi connectivity index (χ4v) is 6.13. The van der Waals surface area contributed by atoms with Gasteiger partial charge in [-0.15, -0.1) is 5.10 Å². The molecule has 0 bridgehead atoms. The SMILES string of the molecule is O=c1[nH]c2cc3c(cc2cc1[C@@H](c1nnnn1C1CCCC1)N1CCN(Cc2ccccc2)CC1)OCO3. The first-order valence-corrected chi connectivity index (χ1v) is 13.5. The van der Waals surface area contributed by atoms with Crippen molar-refractivity contribution in [3.8, 4) is 11.5 Å². The quantitative estimate of drug-likeness (QED) is 0.419. The number of hydrogen-bond acceptors (Lipinski definition) is 8. The molecule has 2 aliphatic heterocycles. The van der Waals surface area contributed by atoms with E-state index in [0.29, 0.717) is 17.1 Å². The number of fused-ring (bicyclic) bond motifs is 2. The first kappa shape index (κ1) is 23.4. The molecule has 1 atom stereocenters. The largest absolute Gasteiger partial charge is 0.454 e. The van der Waals surface area contributed by atoms with Gasteiger partial charge in [-0.3, -0.25) is 14.6 Å². The Morgan fingerprint density at radius 3 is 2.53 bits per heavy atom. The molecule has 1 N–H and O–H groups in total. The van der Waals surface area contributed by atoms with Gasteiger partial charge in [0.25, 0.3) is 5.56 Å². The molecule has 7 rings (SSSR count). The molecule has 10 heteroatoms. The maximum atomic E-state index is 13.6. The molecule has 38 heavy (non-hydrogen) atoms. The number of rotatable bonds is 6. The Hall–Kier alpha value is -3.76. The van der Waals surface area contributed by atoms with Crippen molar-refractivity contribution in [2.45, 2.75) is 44.3 Å². The predicted octanol–water partition coefficient (Wildman–Crippen LogP) is 3.27. The van der Waals surface area contributed by atoms with Gasteiger partial charge < -0.3 is 14.5 Å². The topological polar surface area (TPSA) is 101 Å². The number of aromatic amines is 1. The molecule has 0 radical (unpaired) electrons. The van der Waals surface area contributed by atoms with Crippen molar-refractivity contribution in [3.05, 3.63) is 75.8 Å². The van der Waals surface area contributed by atoms with Gasteiger partial charge in [-0.25, -0.2) is 4.68 Å². The number of nitrogens with one attached hydrogen (secondary N) is 1. The van der Waals surface area contributed by atoms with E-state index in [9.17, 15) is 4.79 Å². The van der Waals surface area contributed by atoms with Crippen molar-refractivity contribution in [3.63, 3.8) is 0 Å². The van der Waals surface area contributed by atoms with Crippen LogP contribution in [-0.2, 0) is 6.54 Å². The van der Waals surface area contributed by atoms with Gasteiger partial charge in [-0.1, -0.05) is 43.2 Å². The highest BCUT2D eigenvalue weighted by atomic mass is 16.7. The van der Waals surface area contributed by atoms with Crippen molar-refractivity contribution in [2.75, 3.05) is 33.0 Å². The Kier molecular flexibility index (Phi) is 6.05. The summed E-state index contributed by atoms with van der Waals surface area (Å²) in [7, 11) is 0. The minimum absolute atomic E-state index is 0.131. The van der Waals surface area contributed by atoms with Gasteiger partial charge in [-0.2, -0.15) is 0 Å². The van der Waals surface area contributed by atoms with E-state index in [4.69, 9.17) is 9.47 Å². The number of piperazine rings is 1. The van der Waals surface area contributed by atoms with E-state index in [1.165, 1.54) is 18.4 Å². The van der Waals surface area contributed by atoms with E-state index in [1.54, 1.807) is 0 Å². The predicted molar refractivity (Wildman–Crippen MR) is 141 cm³/mol. The Morgan fingerprint density at radius 1 is 0.974 bits per heavy atom. The van der Waals surface area contributed by atoms with Gasteiger partial charge in [0.2, 0.25) is 6.79 Å². The van der Waals surface area contributed by atoms with Crippen LogP contribution in [0.25, 0.3) is 10.9 Å². The molecule has 2 aromatic heterocycles. The molecule has 10 nitrogen and oxygen atoms in total. The molecule has 3 aliphatic rings. The first-order chi connectivity index (χ1) is 18.7. The summed E-state index contributed by atoms with van der Waals surface area (Å²) in [6, 6.07) is 16.2. The number of benzene rings is 2. The zero-order valence-corrected chi connectivity index (χ0v) is 21.3. The number of tetrazole rings is 1. The van der Waals surface area contributed by atoms with Gasteiger partial charge in [-0.05, 0) is 41.0 Å². The molecule has 1 saturated carbocycles. The Bertz CT molecular complexity index is 1490. The third-order valence-electron chi connectivity index (χ3n) is 8.12. The summed E-state index contributed by atoms with van der Waals surface area (Å²) in [6.45, 7) is 4.54. The lowest BCUT2D eigenvalue weighted by atomic mass is 10.0. The van der Waals surface area contributed by atoms with Crippen LogP contribution in [0.15, 0.2) is 53.3 Å². The van der Waals surface area contributed by atoms with Crippen LogP contribution in [0, 0.1) is 0 Å². The van der Waals surface area contributed by atoms with Gasteiger partial charge in [0.05, 0.1) is 11.6 Å². The summed E-state index contributed by atoms with van der Waals surface area (Å²) in [5.41, 5.74) is 2.56. The monoisotopic (exact) mass is 513 g/mol. The van der Waals surface area contributed by atoms with Gasteiger partial charge in [0.1, 0.15) is 6.04 Å². The highest BCUT2D eigenvalue weighted by Gasteiger charge is 2.35. The molecule has 196 valence electrons. The summed E-state index contributed by atoms with van der Waals surface area (Å²) >= 11 is 0. The lowest BCUT2D eigenvalue weighted by Crippen LogP contribution is -2.48. The molecule has 1 aliphatic carbocycles. The maximum Gasteiger partial charge on any atom is 0.253 e. The van der Waals surface area contributed by atoms with E-state index >= 15 is 0 Å². The fraction of sp³-hybridized carbons (Fsp3) is 0.429. The molecule has 4 heterocycles. The molecule has 2 aromatic carbocycles. The van der Waals surface area contributed by atoms with Crippen molar-refractivity contribution in [2.24, 2.45) is 0 Å². The maximum absolute atomic E-state index is 13.6. The second-order valence-electron chi connectivity index (χ2n) is 10.5. The fourth-order valence-electron chi connectivity index (χ4n) is 6.13. The smallest absolute Gasteiger partial charge is 0.253 e. The lowest BCUT2D eigenvalue weighted by Gasteiger charge is -2.39. The van der Waals surface area contributed by atoms with Crippen molar-refractivity contribution >= 4 is 10.9 Å². The highest BCUT2D eigenvalue weighted by Crippen LogP contribution is 2.37. The van der Waals surface area contributed by atoms with Crippen LogP contribution in [-0.4, -0.2) is 68.0 Å². The Labute approximate surface area is 220 Å². The molecule has 0 amide bonds. The average Bonchev–Trinajstić information content (AvgIpc) is 3.72. The molecule has 1 saturated heterocycles. The summed E-state index contributed by atoms with van der Waals surface area (Å²) < 4.78 is 13.1. The van der Waals surface area contributed by atoms with Crippen molar-refractivity contribution in [1.82, 2.24) is 35.0 Å². The summed E-state index contributed by atoms with van der Waals surface area (Å²) in [6.07, 6.45) is 4.48.